The number of fused-ring (bicyclic) bond motifs is 1. The number of aryl methyl sites for hydroxylation is 1. The predicted octanol–water partition coefficient (Wildman–Crippen LogP) is 4.34. The van der Waals surface area contributed by atoms with Crippen LogP contribution in [0, 0.1) is 5.82 Å². The molecule has 1 amide bonds. The Hall–Kier alpha value is -2.38. The Morgan fingerprint density at radius 2 is 1.92 bits per heavy atom. The Kier molecular flexibility index (Phi) is 5.29. The monoisotopic (exact) mass is 369 g/mol. The van der Waals surface area contributed by atoms with Crippen LogP contribution in [-0.4, -0.2) is 15.7 Å². The maximum atomic E-state index is 13.5. The summed E-state index contributed by atoms with van der Waals surface area (Å²) in [6.07, 6.45) is -1.54. The van der Waals surface area contributed by atoms with Gasteiger partial charge in [0.15, 0.2) is 5.69 Å². The highest BCUT2D eigenvalue weighted by molar-refractivity contribution is 5.90. The van der Waals surface area contributed by atoms with E-state index in [4.69, 9.17) is 0 Å². The summed E-state index contributed by atoms with van der Waals surface area (Å²) in [5.74, 6) is -0.913. The van der Waals surface area contributed by atoms with Crippen molar-refractivity contribution in [3.63, 3.8) is 0 Å². The van der Waals surface area contributed by atoms with Crippen molar-refractivity contribution in [1.29, 1.82) is 0 Å². The minimum Gasteiger partial charge on any atom is -0.324 e. The minimum atomic E-state index is -4.46. The Bertz CT molecular complexity index is 798. The van der Waals surface area contributed by atoms with Crippen LogP contribution in [0.5, 0.6) is 0 Å². The first kappa shape index (κ1) is 18.4. The number of hydrogen-bond acceptors (Lipinski definition) is 2. The van der Waals surface area contributed by atoms with Crippen molar-refractivity contribution in [2.75, 3.05) is 5.32 Å². The van der Waals surface area contributed by atoms with E-state index >= 15 is 0 Å². The van der Waals surface area contributed by atoms with E-state index in [0.717, 1.165) is 12.8 Å². The molecule has 1 heterocycles. The van der Waals surface area contributed by atoms with Gasteiger partial charge in [0.05, 0.1) is 5.69 Å². The molecule has 0 spiro atoms. The number of benzene rings is 1. The van der Waals surface area contributed by atoms with Gasteiger partial charge in [-0.3, -0.25) is 9.48 Å². The summed E-state index contributed by atoms with van der Waals surface area (Å²) in [4.78, 5) is 11.9. The highest BCUT2D eigenvalue weighted by Gasteiger charge is 2.39. The maximum Gasteiger partial charge on any atom is 0.435 e. The zero-order chi connectivity index (χ0) is 18.7. The number of para-hydroxylation sites is 1. The van der Waals surface area contributed by atoms with E-state index in [1.54, 1.807) is 6.07 Å². The number of anilines is 1. The van der Waals surface area contributed by atoms with Gasteiger partial charge >= 0.3 is 6.18 Å². The number of aromatic nitrogens is 2. The van der Waals surface area contributed by atoms with Gasteiger partial charge in [-0.1, -0.05) is 12.1 Å². The van der Waals surface area contributed by atoms with E-state index in [9.17, 15) is 22.4 Å². The predicted molar refractivity (Wildman–Crippen MR) is 88.1 cm³/mol. The first-order valence-electron chi connectivity index (χ1n) is 8.56. The van der Waals surface area contributed by atoms with Gasteiger partial charge in [-0.05, 0) is 44.2 Å². The molecular weight excluding hydrogens is 350 g/mol. The lowest BCUT2D eigenvalue weighted by Gasteiger charge is -2.14. The molecule has 0 saturated carbocycles. The molecule has 0 fully saturated rings. The van der Waals surface area contributed by atoms with Crippen LogP contribution >= 0.6 is 0 Å². The summed E-state index contributed by atoms with van der Waals surface area (Å²) in [6.45, 7) is 0.225. The van der Waals surface area contributed by atoms with Gasteiger partial charge in [-0.25, -0.2) is 4.39 Å². The summed E-state index contributed by atoms with van der Waals surface area (Å²) in [5, 5.41) is 6.22. The molecule has 140 valence electrons. The van der Waals surface area contributed by atoms with Crippen LogP contribution < -0.4 is 5.32 Å². The van der Waals surface area contributed by atoms with E-state index in [2.05, 4.69) is 10.4 Å². The second-order valence-corrected chi connectivity index (χ2v) is 6.33. The fraction of sp³-hybridized carbons (Fsp3) is 0.444. The highest BCUT2D eigenvalue weighted by atomic mass is 19.4. The molecule has 26 heavy (non-hydrogen) atoms. The van der Waals surface area contributed by atoms with Crippen LogP contribution in [0.2, 0.25) is 0 Å². The number of nitrogens with one attached hydrogen (secondary N) is 1. The van der Waals surface area contributed by atoms with Crippen molar-refractivity contribution < 1.29 is 22.4 Å². The van der Waals surface area contributed by atoms with Crippen LogP contribution in [0.1, 0.15) is 42.6 Å². The zero-order valence-corrected chi connectivity index (χ0v) is 14.1. The number of hydrogen-bond donors (Lipinski definition) is 1. The molecule has 0 bridgehead atoms. The van der Waals surface area contributed by atoms with Gasteiger partial charge in [0.25, 0.3) is 0 Å². The van der Waals surface area contributed by atoms with Gasteiger partial charge in [0.1, 0.15) is 5.82 Å². The number of carbonyl (C=O) groups excluding carboxylic acids is 1. The lowest BCUT2D eigenvalue weighted by atomic mass is 9.95. The summed E-state index contributed by atoms with van der Waals surface area (Å²) in [5.41, 5.74) is 0.203. The van der Waals surface area contributed by atoms with Gasteiger partial charge in [0.2, 0.25) is 5.91 Å². The van der Waals surface area contributed by atoms with Crippen LogP contribution in [0.15, 0.2) is 24.3 Å². The van der Waals surface area contributed by atoms with Gasteiger partial charge in [-0.2, -0.15) is 18.3 Å². The van der Waals surface area contributed by atoms with E-state index < -0.39 is 17.7 Å². The molecule has 3 rings (SSSR count). The van der Waals surface area contributed by atoms with Crippen LogP contribution in [0.25, 0.3) is 0 Å². The first-order valence-corrected chi connectivity index (χ1v) is 8.56. The lowest BCUT2D eigenvalue weighted by Crippen LogP contribution is -2.15. The molecule has 0 aliphatic heterocycles. The average molecular weight is 369 g/mol. The number of amides is 1. The zero-order valence-electron chi connectivity index (χ0n) is 14.1. The molecule has 0 radical (unpaired) electrons. The summed E-state index contributed by atoms with van der Waals surface area (Å²) in [6, 6.07) is 5.81. The SMILES string of the molecule is O=C(CCCn1nc(C(F)(F)F)c2c1CCCC2)Nc1ccccc1F. The van der Waals surface area contributed by atoms with E-state index in [0.29, 0.717) is 30.5 Å². The Balaban J connectivity index is 1.62. The molecule has 1 aromatic carbocycles. The summed E-state index contributed by atoms with van der Waals surface area (Å²) < 4.78 is 54.3. The fourth-order valence-electron chi connectivity index (χ4n) is 3.25. The van der Waals surface area contributed by atoms with Gasteiger partial charge < -0.3 is 5.32 Å². The molecular formula is C18H19F4N3O. The van der Waals surface area contributed by atoms with Crippen LogP contribution in [0.3, 0.4) is 0 Å². The molecule has 0 atom stereocenters. The quantitative estimate of drug-likeness (QED) is 0.797. The smallest absolute Gasteiger partial charge is 0.324 e. The van der Waals surface area contributed by atoms with Crippen LogP contribution in [0.4, 0.5) is 23.2 Å². The van der Waals surface area contributed by atoms with Crippen molar-refractivity contribution in [3.05, 3.63) is 47.0 Å². The third-order valence-electron chi connectivity index (χ3n) is 4.45. The molecule has 1 aliphatic rings. The summed E-state index contributed by atoms with van der Waals surface area (Å²) >= 11 is 0. The second kappa shape index (κ2) is 7.47. The van der Waals surface area contributed by atoms with Crippen molar-refractivity contribution in [1.82, 2.24) is 9.78 Å². The number of alkyl halides is 3. The third-order valence-corrected chi connectivity index (χ3v) is 4.45. The van der Waals surface area contributed by atoms with Crippen molar-refractivity contribution in [2.45, 2.75) is 51.2 Å². The largest absolute Gasteiger partial charge is 0.435 e. The van der Waals surface area contributed by atoms with Crippen molar-refractivity contribution >= 4 is 11.6 Å². The molecule has 4 nitrogen and oxygen atoms in total. The summed E-state index contributed by atoms with van der Waals surface area (Å²) in [7, 11) is 0. The lowest BCUT2D eigenvalue weighted by molar-refractivity contribution is -0.142. The first-order chi connectivity index (χ1) is 12.4. The van der Waals surface area contributed by atoms with Gasteiger partial charge in [-0.15, -0.1) is 0 Å². The Morgan fingerprint density at radius 3 is 2.65 bits per heavy atom. The Labute approximate surface area is 148 Å². The third kappa shape index (κ3) is 4.05. The van der Waals surface area contributed by atoms with Crippen molar-refractivity contribution in [2.24, 2.45) is 0 Å². The molecule has 1 aromatic heterocycles. The topological polar surface area (TPSA) is 46.9 Å². The number of carbonyl (C=O) groups is 1. The molecule has 1 aliphatic carbocycles. The van der Waals surface area contributed by atoms with E-state index in [-0.39, 0.29) is 24.6 Å². The average Bonchev–Trinajstić information content (AvgIpc) is 2.96. The normalized spacial score (nSPS) is 14.2. The minimum absolute atomic E-state index is 0.0737. The van der Waals surface area contributed by atoms with E-state index in [1.165, 1.54) is 22.9 Å². The standard InChI is InChI=1S/C18H19F4N3O/c19-13-7-2-3-8-14(13)23-16(26)10-5-11-25-15-9-4-1-6-12(15)17(24-25)18(20,21)22/h2-3,7-8H,1,4-6,9-11H2,(H,23,26). The maximum absolute atomic E-state index is 13.5. The second-order valence-electron chi connectivity index (χ2n) is 6.33. The number of nitrogens with zero attached hydrogens (tertiary/aromatic N) is 2. The number of halogens is 4. The van der Waals surface area contributed by atoms with Crippen LogP contribution in [-0.2, 0) is 30.4 Å². The molecule has 0 unspecified atom stereocenters. The van der Waals surface area contributed by atoms with Gasteiger partial charge in [0, 0.05) is 24.2 Å². The fourth-order valence-corrected chi connectivity index (χ4v) is 3.25. The molecule has 8 heteroatoms. The Morgan fingerprint density at radius 1 is 1.19 bits per heavy atom. The molecule has 2 aromatic rings. The highest BCUT2D eigenvalue weighted by Crippen LogP contribution is 2.35. The number of rotatable bonds is 5. The van der Waals surface area contributed by atoms with Crippen molar-refractivity contribution in [3.8, 4) is 0 Å². The molecule has 1 N–H and O–H groups in total. The molecule has 0 saturated heterocycles. The van der Waals surface area contributed by atoms with E-state index in [1.807, 2.05) is 0 Å².